The minimum absolute atomic E-state index is 0.00403. The van der Waals surface area contributed by atoms with Crippen LogP contribution >= 0.6 is 11.3 Å². The molecule has 1 amide bonds. The van der Waals surface area contributed by atoms with Crippen LogP contribution in [-0.4, -0.2) is 34.0 Å². The molecule has 28 heavy (non-hydrogen) atoms. The van der Waals surface area contributed by atoms with Crippen LogP contribution in [0.4, 0.5) is 0 Å². The molecule has 3 aromatic rings. The van der Waals surface area contributed by atoms with Crippen LogP contribution in [0.2, 0.25) is 0 Å². The van der Waals surface area contributed by atoms with E-state index in [1.165, 1.54) is 25.2 Å². The number of phenols is 1. The van der Waals surface area contributed by atoms with E-state index in [-0.39, 0.29) is 29.6 Å². The summed E-state index contributed by atoms with van der Waals surface area (Å²) >= 11 is 1.36. The van der Waals surface area contributed by atoms with Crippen molar-refractivity contribution in [3.8, 4) is 5.75 Å². The van der Waals surface area contributed by atoms with Crippen LogP contribution in [0.5, 0.6) is 5.75 Å². The van der Waals surface area contributed by atoms with E-state index < -0.39 is 0 Å². The van der Waals surface area contributed by atoms with Gasteiger partial charge in [-0.1, -0.05) is 12.1 Å². The summed E-state index contributed by atoms with van der Waals surface area (Å²) in [6, 6.07) is 12.1. The number of nitrogens with zero attached hydrogens (tertiary/aromatic N) is 1. The van der Waals surface area contributed by atoms with Gasteiger partial charge in [-0.25, -0.2) is 0 Å². The topological polar surface area (TPSA) is 74.7 Å². The zero-order chi connectivity index (χ0) is 20.3. The van der Waals surface area contributed by atoms with Gasteiger partial charge in [-0.05, 0) is 65.9 Å². The van der Waals surface area contributed by atoms with Gasteiger partial charge >= 0.3 is 0 Å². The molecule has 0 saturated heterocycles. The average Bonchev–Trinajstić information content (AvgIpc) is 3.13. The lowest BCUT2D eigenvalue weighted by Gasteiger charge is -2.22. The fraction of sp³-hybridized carbons (Fsp3) is 0.227. The molecule has 1 heterocycles. The van der Waals surface area contributed by atoms with Crippen molar-refractivity contribution in [2.45, 2.75) is 26.8 Å². The summed E-state index contributed by atoms with van der Waals surface area (Å²) in [7, 11) is 0. The summed E-state index contributed by atoms with van der Waals surface area (Å²) in [6.07, 6.45) is 0.275. The second kappa shape index (κ2) is 8.35. The molecule has 5 nitrogen and oxygen atoms in total. The van der Waals surface area contributed by atoms with Gasteiger partial charge in [-0.3, -0.25) is 14.4 Å². The van der Waals surface area contributed by atoms with Crippen LogP contribution in [0, 0.1) is 0 Å². The van der Waals surface area contributed by atoms with Crippen molar-refractivity contribution < 1.29 is 19.5 Å². The summed E-state index contributed by atoms with van der Waals surface area (Å²) < 4.78 is 0. The number of amides is 1. The lowest BCUT2D eigenvalue weighted by molar-refractivity contribution is -0.117. The zero-order valence-electron chi connectivity index (χ0n) is 15.8. The number of phenolic OH excluding ortho intramolecular Hbond substituents is 1. The van der Waals surface area contributed by atoms with Crippen molar-refractivity contribution in [1.82, 2.24) is 4.90 Å². The van der Waals surface area contributed by atoms with Crippen LogP contribution in [0.15, 0.2) is 47.8 Å². The quantitative estimate of drug-likeness (QED) is 0.601. The van der Waals surface area contributed by atoms with E-state index in [0.29, 0.717) is 23.5 Å². The highest BCUT2D eigenvalue weighted by molar-refractivity contribution is 7.12. The van der Waals surface area contributed by atoms with Gasteiger partial charge in [0.05, 0.1) is 4.88 Å². The molecule has 0 aliphatic heterocycles. The summed E-state index contributed by atoms with van der Waals surface area (Å²) in [5, 5.41) is 13.2. The normalized spacial score (nSPS) is 10.8. The van der Waals surface area contributed by atoms with E-state index in [2.05, 4.69) is 0 Å². The molecule has 0 saturated carbocycles. The molecule has 144 valence electrons. The molecular weight excluding hydrogens is 374 g/mol. The van der Waals surface area contributed by atoms with Gasteiger partial charge in [0.25, 0.3) is 5.91 Å². The molecule has 0 atom stereocenters. The first-order valence-electron chi connectivity index (χ1n) is 8.93. The van der Waals surface area contributed by atoms with E-state index in [4.69, 9.17) is 0 Å². The first-order valence-corrected chi connectivity index (χ1v) is 9.81. The van der Waals surface area contributed by atoms with Crippen molar-refractivity contribution in [1.29, 1.82) is 0 Å². The van der Waals surface area contributed by atoms with Gasteiger partial charge in [0.1, 0.15) is 11.5 Å². The van der Waals surface area contributed by atoms with Crippen molar-refractivity contribution in [2.24, 2.45) is 0 Å². The molecule has 0 bridgehead atoms. The van der Waals surface area contributed by atoms with Crippen molar-refractivity contribution in [3.63, 3.8) is 0 Å². The van der Waals surface area contributed by atoms with Gasteiger partial charge in [0.15, 0.2) is 5.78 Å². The monoisotopic (exact) mass is 395 g/mol. The number of benzene rings is 2. The molecular formula is C22H21NO4S. The zero-order valence-corrected chi connectivity index (χ0v) is 16.6. The van der Waals surface area contributed by atoms with Crippen LogP contribution in [0.3, 0.4) is 0 Å². The van der Waals surface area contributed by atoms with Crippen LogP contribution in [-0.2, 0) is 11.3 Å². The minimum atomic E-state index is -0.174. The Bertz CT molecular complexity index is 1050. The maximum Gasteiger partial charge on any atom is 0.254 e. The molecule has 0 fully saturated rings. The summed E-state index contributed by atoms with van der Waals surface area (Å²) in [5.41, 5.74) is 1.39. The molecule has 0 spiro atoms. The second-order valence-corrected chi connectivity index (χ2v) is 7.71. The van der Waals surface area contributed by atoms with Gasteiger partial charge in [-0.2, -0.15) is 0 Å². The smallest absolute Gasteiger partial charge is 0.254 e. The number of fused-ring (bicyclic) bond motifs is 1. The third kappa shape index (κ3) is 4.64. The predicted octanol–water partition coefficient (Wildman–Crippen LogP) is 4.43. The highest BCUT2D eigenvalue weighted by atomic mass is 32.1. The van der Waals surface area contributed by atoms with E-state index in [1.807, 2.05) is 5.38 Å². The maximum atomic E-state index is 13.1. The molecule has 6 heteroatoms. The van der Waals surface area contributed by atoms with Crippen molar-refractivity contribution >= 4 is 39.6 Å². The van der Waals surface area contributed by atoms with Crippen molar-refractivity contribution in [2.75, 3.05) is 6.54 Å². The SMILES string of the molecule is CC(=O)CCN(Cc1csc(C(C)=O)c1)C(=O)c1ccc2cc(O)ccc2c1. The number of carbonyl (C=O) groups excluding carboxylic acids is 3. The number of aromatic hydroxyl groups is 1. The lowest BCUT2D eigenvalue weighted by atomic mass is 10.1. The van der Waals surface area contributed by atoms with Crippen molar-refractivity contribution in [3.05, 3.63) is 63.8 Å². The highest BCUT2D eigenvalue weighted by Crippen LogP contribution is 2.23. The summed E-state index contributed by atoms with van der Waals surface area (Å²) in [5.74, 6) is 0.0115. The molecule has 1 N–H and O–H groups in total. The molecule has 3 rings (SSSR count). The Morgan fingerprint density at radius 2 is 1.71 bits per heavy atom. The Hall–Kier alpha value is -2.99. The Morgan fingerprint density at radius 3 is 2.39 bits per heavy atom. The molecule has 0 aliphatic rings. The molecule has 0 aliphatic carbocycles. The Balaban J connectivity index is 1.87. The van der Waals surface area contributed by atoms with Crippen LogP contribution in [0.25, 0.3) is 10.8 Å². The van der Waals surface area contributed by atoms with Crippen LogP contribution in [0.1, 0.15) is 45.9 Å². The van der Waals surface area contributed by atoms with Gasteiger partial charge < -0.3 is 10.0 Å². The maximum absolute atomic E-state index is 13.1. The van der Waals surface area contributed by atoms with Gasteiger partial charge in [0.2, 0.25) is 0 Å². The third-order valence-electron chi connectivity index (χ3n) is 4.47. The summed E-state index contributed by atoms with van der Waals surface area (Å²) in [6.45, 7) is 3.67. The fourth-order valence-corrected chi connectivity index (χ4v) is 3.76. The molecule has 2 aromatic carbocycles. The molecule has 0 unspecified atom stereocenters. The first-order chi connectivity index (χ1) is 13.3. The molecule has 0 radical (unpaired) electrons. The Morgan fingerprint density at radius 1 is 1.00 bits per heavy atom. The Labute approximate surface area is 167 Å². The van der Waals surface area contributed by atoms with E-state index in [0.717, 1.165) is 16.3 Å². The number of thiophene rings is 1. The number of rotatable bonds is 7. The van der Waals surface area contributed by atoms with Gasteiger partial charge in [-0.15, -0.1) is 11.3 Å². The van der Waals surface area contributed by atoms with Crippen LogP contribution < -0.4 is 0 Å². The predicted molar refractivity (Wildman–Crippen MR) is 110 cm³/mol. The summed E-state index contributed by atoms with van der Waals surface area (Å²) in [4.78, 5) is 38.4. The van der Waals surface area contributed by atoms with E-state index >= 15 is 0 Å². The highest BCUT2D eigenvalue weighted by Gasteiger charge is 2.18. The van der Waals surface area contributed by atoms with E-state index in [9.17, 15) is 19.5 Å². The number of hydrogen-bond donors (Lipinski definition) is 1. The standard InChI is InChI=1S/C22H21NO4S/c1-14(24)7-8-23(12-16-9-21(15(2)25)28-13-16)22(27)19-4-3-18-11-20(26)6-5-17(18)10-19/h3-6,9-11,13,26H,7-8,12H2,1-2H3. The average molecular weight is 395 g/mol. The largest absolute Gasteiger partial charge is 0.508 e. The fourth-order valence-electron chi connectivity index (χ4n) is 2.96. The number of ketones is 2. The first kappa shape index (κ1) is 19.8. The number of Topliss-reactive ketones (excluding diaryl/α,β-unsaturated/α-hetero) is 2. The second-order valence-electron chi connectivity index (χ2n) is 6.80. The Kier molecular flexibility index (Phi) is 5.90. The number of hydrogen-bond acceptors (Lipinski definition) is 5. The number of carbonyl (C=O) groups is 3. The lowest BCUT2D eigenvalue weighted by Crippen LogP contribution is -2.32. The minimum Gasteiger partial charge on any atom is -0.508 e. The van der Waals surface area contributed by atoms with Gasteiger partial charge in [0, 0.05) is 25.1 Å². The third-order valence-corrected chi connectivity index (χ3v) is 5.55. The molecule has 1 aromatic heterocycles. The van der Waals surface area contributed by atoms with E-state index in [1.54, 1.807) is 47.4 Å².